The third-order valence-electron chi connectivity index (χ3n) is 20.4. The van der Waals surface area contributed by atoms with Gasteiger partial charge < -0.3 is 0 Å². The third-order valence-corrected chi connectivity index (χ3v) is 20.4. The predicted octanol–water partition coefficient (Wildman–Crippen LogP) is 19.9. The number of ketones is 6. The Morgan fingerprint density at radius 3 is 0.402 bits per heavy atom. The van der Waals surface area contributed by atoms with Crippen LogP contribution in [0, 0.1) is 34.9 Å². The topological polar surface area (TPSA) is 102 Å². The van der Waals surface area contributed by atoms with Crippen LogP contribution in [-0.4, -0.2) is 34.7 Å². The Bertz CT molecular complexity index is 4700. The molecule has 0 heterocycles. The van der Waals surface area contributed by atoms with E-state index in [0.717, 1.165) is 66.8 Å². The Kier molecular flexibility index (Phi) is 16.3. The van der Waals surface area contributed by atoms with E-state index in [1.165, 1.54) is 72.8 Å². The molecule has 0 aliphatic heterocycles. The number of Topliss-reactive ketones (excluding diaryl/α,β-unsaturated/α-hetero) is 6. The van der Waals surface area contributed by atoms with Crippen LogP contribution in [0.2, 0.25) is 0 Å². The van der Waals surface area contributed by atoms with E-state index in [-0.39, 0.29) is 69.6 Å². The summed E-state index contributed by atoms with van der Waals surface area (Å²) in [4.78, 5) is 82.9. The van der Waals surface area contributed by atoms with Crippen LogP contribution in [0.25, 0.3) is 0 Å². The molecule has 6 nitrogen and oxygen atoms in total. The summed E-state index contributed by atoms with van der Waals surface area (Å²) in [6.45, 7) is 0. The van der Waals surface area contributed by atoms with Crippen LogP contribution in [0.15, 0.2) is 325 Å². The second-order valence-electron chi connectivity index (χ2n) is 25.9. The zero-order chi connectivity index (χ0) is 70.2. The summed E-state index contributed by atoms with van der Waals surface area (Å²) in [7, 11) is 0. The number of allylic oxidation sites excluding steroid dienone is 6. The lowest BCUT2D eigenvalue weighted by Gasteiger charge is -2.20. The van der Waals surface area contributed by atoms with Gasteiger partial charge in [0.25, 0.3) is 0 Å². The van der Waals surface area contributed by atoms with Crippen molar-refractivity contribution in [3.8, 4) is 0 Å². The summed E-state index contributed by atoms with van der Waals surface area (Å²) < 4.78 is 82.4. The standard InChI is InChI=1S/3C30H18F2O2/c3*31-19-13-9-17(10-14-19)25-21-5-1-3-7-23(21)29(33)27(25)28-26(18-11-15-20(32)16-12-18)22-6-2-4-8-24(22)30(28)34/h3*1-16,25-26H/b3*28-27+/t3*25-,26-/m111/s1. The van der Waals surface area contributed by atoms with Crippen molar-refractivity contribution in [3.63, 3.8) is 0 Å². The molecular weight excluding hydrogens is 1290 g/mol. The molecule has 102 heavy (non-hydrogen) atoms. The summed E-state index contributed by atoms with van der Waals surface area (Å²) >= 11 is 0. The summed E-state index contributed by atoms with van der Waals surface area (Å²) in [6.07, 6.45) is 0. The van der Waals surface area contributed by atoms with Crippen molar-refractivity contribution in [2.45, 2.75) is 35.5 Å². The van der Waals surface area contributed by atoms with Crippen LogP contribution in [0.5, 0.6) is 0 Å². The van der Waals surface area contributed by atoms with E-state index >= 15 is 0 Å². The fourth-order valence-electron chi connectivity index (χ4n) is 16.0. The first-order valence-corrected chi connectivity index (χ1v) is 33.2. The van der Waals surface area contributed by atoms with Crippen LogP contribution in [0.1, 0.15) is 164 Å². The van der Waals surface area contributed by atoms with Gasteiger partial charge in [-0.25, -0.2) is 26.3 Å². The molecule has 0 amide bonds. The van der Waals surface area contributed by atoms with Gasteiger partial charge in [0.05, 0.1) is 0 Å². The molecule has 0 N–H and O–H groups in total. The number of hydrogen-bond donors (Lipinski definition) is 0. The summed E-state index contributed by atoms with van der Waals surface area (Å²) in [5, 5.41) is 0. The highest BCUT2D eigenvalue weighted by Crippen LogP contribution is 2.55. The van der Waals surface area contributed by atoms with Gasteiger partial charge in [-0.05, 0) is 140 Å². The highest BCUT2D eigenvalue weighted by molar-refractivity contribution is 6.27. The fourth-order valence-corrected chi connectivity index (χ4v) is 16.0. The SMILES string of the molecule is O=C1/C(=C2/C(=O)c3ccccc3[C@H]2c2ccc(F)cc2)[C@H](c2ccc(F)cc2)c2ccccc21.O=C1/C(=C2/C(=O)c3ccccc3[C@H]2c2ccc(F)cc2)[C@H](c2ccc(F)cc2)c2ccccc21.O=C1/C(=C2/C(=O)c3ccccc3[C@H]2c2ccc(F)cc2)[C@H](c2ccc(F)cc2)c2ccccc21. The molecule has 0 saturated carbocycles. The van der Waals surface area contributed by atoms with Crippen molar-refractivity contribution < 1.29 is 55.1 Å². The van der Waals surface area contributed by atoms with Crippen LogP contribution in [0.3, 0.4) is 0 Å². The van der Waals surface area contributed by atoms with Crippen molar-refractivity contribution in [1.82, 2.24) is 0 Å². The summed E-state index contributed by atoms with van der Waals surface area (Å²) in [5.74, 6) is -6.43. The molecule has 6 aliphatic carbocycles. The first-order valence-electron chi connectivity index (χ1n) is 33.2. The van der Waals surface area contributed by atoms with Crippen LogP contribution < -0.4 is 0 Å². The van der Waals surface area contributed by atoms with Crippen molar-refractivity contribution in [2.75, 3.05) is 0 Å². The molecular formula is C90H54F6O6. The molecule has 0 spiro atoms. The van der Waals surface area contributed by atoms with Crippen LogP contribution >= 0.6 is 0 Å². The van der Waals surface area contributed by atoms with Crippen molar-refractivity contribution in [3.05, 3.63) is 460 Å². The Labute approximate surface area is 581 Å². The lowest BCUT2D eigenvalue weighted by Crippen LogP contribution is -2.13. The first kappa shape index (κ1) is 64.2. The van der Waals surface area contributed by atoms with Gasteiger partial charge in [-0.3, -0.25) is 28.8 Å². The Hall–Kier alpha value is -12.5. The van der Waals surface area contributed by atoms with E-state index in [4.69, 9.17) is 0 Å². The van der Waals surface area contributed by atoms with Gasteiger partial charge in [0, 0.05) is 102 Å². The molecule has 6 aliphatic rings. The average molecular weight is 1350 g/mol. The van der Waals surface area contributed by atoms with E-state index in [2.05, 4.69) is 0 Å². The van der Waals surface area contributed by atoms with Gasteiger partial charge in [-0.15, -0.1) is 0 Å². The molecule has 0 aromatic heterocycles. The monoisotopic (exact) mass is 1340 g/mol. The van der Waals surface area contributed by atoms with E-state index in [1.807, 2.05) is 72.8 Å². The normalized spacial score (nSPS) is 21.0. The number of rotatable bonds is 6. The number of fused-ring (bicyclic) bond motifs is 6. The third kappa shape index (κ3) is 10.9. The Morgan fingerprint density at radius 1 is 0.157 bits per heavy atom. The van der Waals surface area contributed by atoms with E-state index in [9.17, 15) is 55.1 Å². The highest BCUT2D eigenvalue weighted by Gasteiger charge is 2.49. The number of hydrogen-bond acceptors (Lipinski definition) is 6. The lowest BCUT2D eigenvalue weighted by atomic mass is 9.81. The minimum Gasteiger partial charge on any atom is -0.289 e. The lowest BCUT2D eigenvalue weighted by molar-refractivity contribution is 0.100. The molecule has 0 radical (unpaired) electrons. The Balaban J connectivity index is 0.000000118. The summed E-state index contributed by atoms with van der Waals surface area (Å²) in [5.41, 5.74) is 14.9. The molecule has 0 bridgehead atoms. The van der Waals surface area contributed by atoms with Gasteiger partial charge in [0.15, 0.2) is 34.7 Å². The van der Waals surface area contributed by atoms with Crippen molar-refractivity contribution in [2.24, 2.45) is 0 Å². The fraction of sp³-hybridized carbons (Fsp3) is 0.0667. The molecule has 0 unspecified atom stereocenters. The predicted molar refractivity (Wildman–Crippen MR) is 375 cm³/mol. The maximum absolute atomic E-state index is 13.8. The number of carbonyl (C=O) groups is 6. The number of carbonyl (C=O) groups excluding carboxylic acids is 6. The molecule has 18 rings (SSSR count). The smallest absolute Gasteiger partial charge is 0.190 e. The molecule has 12 heteroatoms. The average Bonchev–Trinajstić information content (AvgIpc) is 1.58. The van der Waals surface area contributed by atoms with E-state index < -0.39 is 35.5 Å². The largest absolute Gasteiger partial charge is 0.289 e. The summed E-state index contributed by atoms with van der Waals surface area (Å²) in [6, 6.07) is 80.2. The van der Waals surface area contributed by atoms with Gasteiger partial charge >= 0.3 is 0 Å². The molecule has 0 saturated heterocycles. The second kappa shape index (κ2) is 26.0. The minimum absolute atomic E-state index is 0.201. The molecule has 0 fully saturated rings. The zero-order valence-corrected chi connectivity index (χ0v) is 53.9. The van der Waals surface area contributed by atoms with Gasteiger partial charge in [-0.2, -0.15) is 0 Å². The van der Waals surface area contributed by atoms with E-state index in [1.54, 1.807) is 146 Å². The molecule has 12 aromatic rings. The molecule has 6 atom stereocenters. The second-order valence-corrected chi connectivity index (χ2v) is 25.9. The zero-order valence-electron chi connectivity index (χ0n) is 53.9. The van der Waals surface area contributed by atoms with Gasteiger partial charge in [-0.1, -0.05) is 218 Å². The minimum atomic E-state index is -0.500. The van der Waals surface area contributed by atoms with Crippen LogP contribution in [-0.2, 0) is 0 Å². The maximum Gasteiger partial charge on any atom is 0.190 e. The molecule has 492 valence electrons. The molecule has 12 aromatic carbocycles. The van der Waals surface area contributed by atoms with Crippen molar-refractivity contribution >= 4 is 34.7 Å². The Morgan fingerprint density at radius 2 is 0.275 bits per heavy atom. The highest BCUT2D eigenvalue weighted by atomic mass is 19.1. The first-order chi connectivity index (χ1) is 49.6. The number of benzene rings is 12. The number of halogens is 6. The maximum atomic E-state index is 13.8. The quantitative estimate of drug-likeness (QED) is 0.121. The van der Waals surface area contributed by atoms with Crippen molar-refractivity contribution in [1.29, 1.82) is 0 Å². The van der Waals surface area contributed by atoms with Gasteiger partial charge in [0.1, 0.15) is 34.9 Å². The van der Waals surface area contributed by atoms with E-state index in [0.29, 0.717) is 66.8 Å². The van der Waals surface area contributed by atoms with Crippen LogP contribution in [0.4, 0.5) is 26.3 Å². The van der Waals surface area contributed by atoms with Gasteiger partial charge in [0.2, 0.25) is 0 Å².